The van der Waals surface area contributed by atoms with E-state index in [9.17, 15) is 13.2 Å². The second kappa shape index (κ2) is 5.51. The van der Waals surface area contributed by atoms with Gasteiger partial charge in [-0.3, -0.25) is 0 Å². The quantitative estimate of drug-likeness (QED) is 0.769. The Morgan fingerprint density at radius 1 is 1.47 bits per heavy atom. The molecule has 5 heteroatoms. The largest absolute Gasteiger partial charge is 0.389 e. The van der Waals surface area contributed by atoms with E-state index in [4.69, 9.17) is 0 Å². The van der Waals surface area contributed by atoms with Crippen LogP contribution in [0.4, 0.5) is 13.2 Å². The van der Waals surface area contributed by atoms with E-state index in [1.54, 1.807) is 11.3 Å². The number of halogens is 3. The average molecular weight is 237 g/mol. The van der Waals surface area contributed by atoms with Gasteiger partial charge in [0, 0.05) is 12.5 Å². The highest BCUT2D eigenvalue weighted by atomic mass is 32.1. The van der Waals surface area contributed by atoms with Crippen molar-refractivity contribution in [2.24, 2.45) is 0 Å². The first-order valence-corrected chi connectivity index (χ1v) is 5.75. The van der Waals surface area contributed by atoms with Crippen LogP contribution in [0.25, 0.3) is 0 Å². The zero-order chi connectivity index (χ0) is 11.3. The molecular weight excluding hydrogens is 223 g/mol. The Kier molecular flexibility index (Phi) is 4.60. The lowest BCUT2D eigenvalue weighted by atomic mass is 10.2. The maximum atomic E-state index is 11.8. The van der Waals surface area contributed by atoms with Gasteiger partial charge in [-0.2, -0.15) is 24.5 Å². The lowest BCUT2D eigenvalue weighted by Gasteiger charge is -2.12. The molecule has 0 amide bonds. The third-order valence-electron chi connectivity index (χ3n) is 2.13. The zero-order valence-electron chi connectivity index (χ0n) is 8.47. The number of alkyl halides is 3. The van der Waals surface area contributed by atoms with E-state index in [1.165, 1.54) is 0 Å². The van der Waals surface area contributed by atoms with E-state index in [2.05, 4.69) is 5.32 Å². The molecule has 0 aromatic carbocycles. The van der Waals surface area contributed by atoms with Crippen LogP contribution in [-0.4, -0.2) is 12.7 Å². The maximum Gasteiger partial charge on any atom is 0.389 e. The first-order chi connectivity index (χ1) is 6.99. The van der Waals surface area contributed by atoms with Crippen LogP contribution in [0.5, 0.6) is 0 Å². The summed E-state index contributed by atoms with van der Waals surface area (Å²) < 4.78 is 35.5. The molecule has 1 N–H and O–H groups in total. The van der Waals surface area contributed by atoms with Gasteiger partial charge in [0.1, 0.15) is 0 Å². The van der Waals surface area contributed by atoms with Gasteiger partial charge < -0.3 is 5.32 Å². The lowest BCUT2D eigenvalue weighted by molar-refractivity contribution is -0.135. The van der Waals surface area contributed by atoms with Gasteiger partial charge in [0.15, 0.2) is 0 Å². The summed E-state index contributed by atoms with van der Waals surface area (Å²) in [4.78, 5) is 0. The van der Waals surface area contributed by atoms with E-state index in [-0.39, 0.29) is 12.5 Å². The number of nitrogens with one attached hydrogen (secondary N) is 1. The van der Waals surface area contributed by atoms with Gasteiger partial charge >= 0.3 is 6.18 Å². The zero-order valence-corrected chi connectivity index (χ0v) is 9.29. The van der Waals surface area contributed by atoms with Crippen molar-refractivity contribution in [3.05, 3.63) is 22.4 Å². The van der Waals surface area contributed by atoms with E-state index in [0.29, 0.717) is 6.54 Å². The van der Waals surface area contributed by atoms with Gasteiger partial charge in [-0.1, -0.05) is 0 Å². The second-order valence-electron chi connectivity index (χ2n) is 3.45. The maximum absolute atomic E-state index is 11.8. The molecule has 15 heavy (non-hydrogen) atoms. The van der Waals surface area contributed by atoms with Crippen molar-refractivity contribution < 1.29 is 13.2 Å². The molecule has 0 saturated carbocycles. The van der Waals surface area contributed by atoms with E-state index in [1.807, 2.05) is 23.8 Å². The molecule has 1 rings (SSSR count). The summed E-state index contributed by atoms with van der Waals surface area (Å²) in [5.74, 6) is 0. The SMILES string of the molecule is CC(NCCCC(F)(F)F)c1ccsc1. The standard InChI is InChI=1S/C10H14F3NS/c1-8(9-3-6-15-7-9)14-5-2-4-10(11,12)13/h3,6-8,14H,2,4-5H2,1H3. The fourth-order valence-electron chi connectivity index (χ4n) is 1.25. The van der Waals surface area contributed by atoms with Gasteiger partial charge in [0.2, 0.25) is 0 Å². The van der Waals surface area contributed by atoms with Crippen molar-refractivity contribution in [3.63, 3.8) is 0 Å². The molecule has 0 fully saturated rings. The Hall–Kier alpha value is -0.550. The predicted molar refractivity (Wildman–Crippen MR) is 56.0 cm³/mol. The Balaban J connectivity index is 2.16. The third kappa shape index (κ3) is 5.18. The Morgan fingerprint density at radius 3 is 2.73 bits per heavy atom. The minimum absolute atomic E-state index is 0.129. The van der Waals surface area contributed by atoms with Crippen LogP contribution in [0.1, 0.15) is 31.4 Å². The van der Waals surface area contributed by atoms with Crippen molar-refractivity contribution in [2.75, 3.05) is 6.54 Å². The molecule has 0 aliphatic heterocycles. The van der Waals surface area contributed by atoms with Crippen LogP contribution >= 0.6 is 11.3 Å². The van der Waals surface area contributed by atoms with Gasteiger partial charge in [-0.05, 0) is 42.3 Å². The predicted octanol–water partition coefficient (Wildman–Crippen LogP) is 3.74. The van der Waals surface area contributed by atoms with Crippen molar-refractivity contribution in [1.29, 1.82) is 0 Å². The first-order valence-electron chi connectivity index (χ1n) is 4.81. The van der Waals surface area contributed by atoms with Gasteiger partial charge in [-0.15, -0.1) is 0 Å². The molecule has 1 unspecified atom stereocenters. The second-order valence-corrected chi connectivity index (χ2v) is 4.23. The molecule has 1 nitrogen and oxygen atoms in total. The monoisotopic (exact) mass is 237 g/mol. The summed E-state index contributed by atoms with van der Waals surface area (Å²) in [7, 11) is 0. The minimum Gasteiger partial charge on any atom is -0.310 e. The highest BCUT2D eigenvalue weighted by Crippen LogP contribution is 2.21. The van der Waals surface area contributed by atoms with Crippen LogP contribution in [-0.2, 0) is 0 Å². The molecule has 0 bridgehead atoms. The molecule has 1 aromatic rings. The number of hydrogen-bond donors (Lipinski definition) is 1. The topological polar surface area (TPSA) is 12.0 Å². The summed E-state index contributed by atoms with van der Waals surface area (Å²) in [6, 6.07) is 2.11. The lowest BCUT2D eigenvalue weighted by Crippen LogP contribution is -2.21. The van der Waals surface area contributed by atoms with Gasteiger partial charge in [0.25, 0.3) is 0 Å². The van der Waals surface area contributed by atoms with E-state index < -0.39 is 12.6 Å². The fraction of sp³-hybridized carbons (Fsp3) is 0.600. The molecule has 0 aliphatic carbocycles. The average Bonchev–Trinajstić information content (AvgIpc) is 2.63. The molecule has 0 aliphatic rings. The van der Waals surface area contributed by atoms with Crippen molar-refractivity contribution in [2.45, 2.75) is 32.0 Å². The molecule has 0 spiro atoms. The Morgan fingerprint density at radius 2 is 2.20 bits per heavy atom. The van der Waals surface area contributed by atoms with Crippen molar-refractivity contribution >= 4 is 11.3 Å². The van der Waals surface area contributed by atoms with Crippen LogP contribution in [0.3, 0.4) is 0 Å². The van der Waals surface area contributed by atoms with Gasteiger partial charge in [0.05, 0.1) is 0 Å². The third-order valence-corrected chi connectivity index (χ3v) is 2.83. The Labute approximate surface area is 91.3 Å². The van der Waals surface area contributed by atoms with Crippen molar-refractivity contribution in [1.82, 2.24) is 5.32 Å². The normalized spacial score (nSPS) is 14.1. The van der Waals surface area contributed by atoms with Crippen LogP contribution < -0.4 is 5.32 Å². The smallest absolute Gasteiger partial charge is 0.310 e. The van der Waals surface area contributed by atoms with Crippen LogP contribution in [0.2, 0.25) is 0 Å². The summed E-state index contributed by atoms with van der Waals surface area (Å²) in [6.45, 7) is 2.35. The summed E-state index contributed by atoms with van der Waals surface area (Å²) in [5, 5.41) is 7.03. The number of rotatable bonds is 5. The van der Waals surface area contributed by atoms with E-state index >= 15 is 0 Å². The van der Waals surface area contributed by atoms with Crippen LogP contribution in [0, 0.1) is 0 Å². The highest BCUT2D eigenvalue weighted by molar-refractivity contribution is 7.07. The van der Waals surface area contributed by atoms with E-state index in [0.717, 1.165) is 5.56 Å². The molecule has 1 atom stereocenters. The Bertz CT molecular complexity index is 269. The van der Waals surface area contributed by atoms with Crippen molar-refractivity contribution in [3.8, 4) is 0 Å². The minimum atomic E-state index is -4.03. The van der Waals surface area contributed by atoms with Gasteiger partial charge in [-0.25, -0.2) is 0 Å². The molecule has 0 radical (unpaired) electrons. The highest BCUT2D eigenvalue weighted by Gasteiger charge is 2.25. The molecule has 86 valence electrons. The molecule has 1 heterocycles. The fourth-order valence-corrected chi connectivity index (χ4v) is 2.00. The summed E-state index contributed by atoms with van der Waals surface area (Å²) in [6.07, 6.45) is -4.61. The number of hydrogen-bond acceptors (Lipinski definition) is 2. The van der Waals surface area contributed by atoms with Crippen LogP contribution in [0.15, 0.2) is 16.8 Å². The first kappa shape index (κ1) is 12.5. The summed E-state index contributed by atoms with van der Waals surface area (Å²) >= 11 is 1.59. The molecule has 1 aromatic heterocycles. The molecule has 0 saturated heterocycles. The summed E-state index contributed by atoms with van der Waals surface area (Å²) in [5.41, 5.74) is 1.13. The molecular formula is C10H14F3NS. The number of thiophene rings is 1.